The predicted molar refractivity (Wildman–Crippen MR) is 86.6 cm³/mol. The van der Waals surface area contributed by atoms with Gasteiger partial charge in [-0.3, -0.25) is 4.79 Å². The fourth-order valence-corrected chi connectivity index (χ4v) is 2.40. The van der Waals surface area contributed by atoms with Gasteiger partial charge in [0.25, 0.3) is 0 Å². The Balaban J connectivity index is 1.89. The molecule has 1 aromatic rings. The third-order valence-electron chi connectivity index (χ3n) is 3.74. The lowest BCUT2D eigenvalue weighted by Crippen LogP contribution is -2.42. The molecule has 1 aromatic heterocycles. The van der Waals surface area contributed by atoms with E-state index in [0.717, 1.165) is 6.42 Å². The summed E-state index contributed by atoms with van der Waals surface area (Å²) in [6.45, 7) is 2.82. The van der Waals surface area contributed by atoms with Crippen LogP contribution >= 0.6 is 0 Å². The molecule has 1 amide bonds. The number of rotatable bonds is 12. The second-order valence-corrected chi connectivity index (χ2v) is 5.73. The van der Waals surface area contributed by atoms with Crippen LogP contribution in [0.25, 0.3) is 0 Å². The molecule has 0 aromatic carbocycles. The van der Waals surface area contributed by atoms with Crippen LogP contribution in [0.2, 0.25) is 0 Å². The van der Waals surface area contributed by atoms with Gasteiger partial charge < -0.3 is 5.32 Å². The van der Waals surface area contributed by atoms with E-state index in [0.29, 0.717) is 13.1 Å². The van der Waals surface area contributed by atoms with Crippen molar-refractivity contribution in [3.63, 3.8) is 0 Å². The van der Waals surface area contributed by atoms with Crippen LogP contribution < -0.4 is 9.88 Å². The van der Waals surface area contributed by atoms with Crippen molar-refractivity contribution in [3.8, 4) is 0 Å². The van der Waals surface area contributed by atoms with Crippen molar-refractivity contribution >= 4 is 5.91 Å². The van der Waals surface area contributed by atoms with Crippen LogP contribution in [-0.2, 0) is 11.5 Å². The monoisotopic (exact) mass is 291 g/mol. The van der Waals surface area contributed by atoms with Crippen molar-refractivity contribution in [2.75, 3.05) is 0 Å². The Morgan fingerprint density at radius 2 is 1.43 bits per heavy atom. The zero-order valence-corrected chi connectivity index (χ0v) is 13.5. The van der Waals surface area contributed by atoms with Gasteiger partial charge in [-0.15, -0.1) is 0 Å². The Hall–Kier alpha value is -1.38. The second-order valence-electron chi connectivity index (χ2n) is 5.73. The molecule has 0 atom stereocenters. The van der Waals surface area contributed by atoms with Gasteiger partial charge in [-0.25, -0.2) is 0 Å². The highest BCUT2D eigenvalue weighted by Gasteiger charge is 2.03. The summed E-state index contributed by atoms with van der Waals surface area (Å²) in [7, 11) is 0. The number of hydrogen-bond donors (Lipinski definition) is 1. The van der Waals surface area contributed by atoms with Crippen molar-refractivity contribution in [1.82, 2.24) is 5.32 Å². The Morgan fingerprint density at radius 3 is 2.05 bits per heavy atom. The summed E-state index contributed by atoms with van der Waals surface area (Å²) in [6.07, 6.45) is 16.2. The molecule has 0 aliphatic heterocycles. The van der Waals surface area contributed by atoms with E-state index in [-0.39, 0.29) is 5.91 Å². The third-order valence-corrected chi connectivity index (χ3v) is 3.74. The minimum absolute atomic E-state index is 0.161. The van der Waals surface area contributed by atoms with Crippen molar-refractivity contribution < 1.29 is 9.36 Å². The van der Waals surface area contributed by atoms with E-state index in [1.807, 2.05) is 35.2 Å². The summed E-state index contributed by atoms with van der Waals surface area (Å²) in [5, 5.41) is 2.95. The molecule has 0 bridgehead atoms. The molecule has 3 nitrogen and oxygen atoms in total. The van der Waals surface area contributed by atoms with Crippen molar-refractivity contribution in [1.29, 1.82) is 0 Å². The summed E-state index contributed by atoms with van der Waals surface area (Å²) in [5.41, 5.74) is 0. The molecule has 0 saturated heterocycles. The van der Waals surface area contributed by atoms with Gasteiger partial charge in [-0.2, -0.15) is 4.57 Å². The SMILES string of the molecule is CCCCCCCCCCCC(=O)NC[n+]1ccccc1. The average Bonchev–Trinajstić information content (AvgIpc) is 2.52. The van der Waals surface area contributed by atoms with E-state index in [1.54, 1.807) is 0 Å². The maximum absolute atomic E-state index is 11.7. The largest absolute Gasteiger partial charge is 0.301 e. The van der Waals surface area contributed by atoms with Gasteiger partial charge in [-0.05, 0) is 6.42 Å². The fraction of sp³-hybridized carbons (Fsp3) is 0.667. The van der Waals surface area contributed by atoms with Crippen molar-refractivity contribution in [2.45, 2.75) is 77.8 Å². The van der Waals surface area contributed by atoms with Crippen molar-refractivity contribution in [2.24, 2.45) is 0 Å². The lowest BCUT2D eigenvalue weighted by Gasteiger charge is -2.03. The molecule has 1 heterocycles. The molecule has 0 spiro atoms. The molecule has 118 valence electrons. The first kappa shape index (κ1) is 17.7. The van der Waals surface area contributed by atoms with Crippen molar-refractivity contribution in [3.05, 3.63) is 30.6 Å². The van der Waals surface area contributed by atoms with E-state index < -0.39 is 0 Å². The Morgan fingerprint density at radius 1 is 0.857 bits per heavy atom. The first-order chi connectivity index (χ1) is 10.3. The summed E-state index contributed by atoms with van der Waals surface area (Å²) in [4.78, 5) is 11.7. The highest BCUT2D eigenvalue weighted by Crippen LogP contribution is 2.10. The lowest BCUT2D eigenvalue weighted by molar-refractivity contribution is -0.700. The minimum atomic E-state index is 0.161. The van der Waals surface area contributed by atoms with Gasteiger partial charge in [0.2, 0.25) is 12.6 Å². The quantitative estimate of drug-likeness (QED) is 0.459. The first-order valence-corrected chi connectivity index (χ1v) is 8.53. The molecule has 21 heavy (non-hydrogen) atoms. The number of unbranched alkanes of at least 4 members (excludes halogenated alkanes) is 8. The number of carbonyl (C=O) groups excluding carboxylic acids is 1. The standard InChI is InChI=1S/C18H30N2O/c1-2-3-4-5-6-7-8-9-11-14-18(21)19-17-20-15-12-10-13-16-20/h10,12-13,15-16H,2-9,11,14,17H2,1H3/p+1. The molecule has 0 fully saturated rings. The fourth-order valence-electron chi connectivity index (χ4n) is 2.40. The average molecular weight is 291 g/mol. The highest BCUT2D eigenvalue weighted by atomic mass is 16.1. The van der Waals surface area contributed by atoms with Crippen LogP contribution in [0.4, 0.5) is 0 Å². The van der Waals surface area contributed by atoms with E-state index in [1.165, 1.54) is 51.4 Å². The van der Waals surface area contributed by atoms with Gasteiger partial charge in [0.15, 0.2) is 12.4 Å². The summed E-state index contributed by atoms with van der Waals surface area (Å²) < 4.78 is 1.97. The highest BCUT2D eigenvalue weighted by molar-refractivity contribution is 5.75. The zero-order valence-electron chi connectivity index (χ0n) is 13.5. The smallest absolute Gasteiger partial charge is 0.224 e. The predicted octanol–water partition coefficient (Wildman–Crippen LogP) is 3.97. The molecule has 0 radical (unpaired) electrons. The normalized spacial score (nSPS) is 10.5. The zero-order chi connectivity index (χ0) is 15.2. The van der Waals surface area contributed by atoms with E-state index in [4.69, 9.17) is 0 Å². The van der Waals surface area contributed by atoms with Gasteiger partial charge in [-0.1, -0.05) is 64.4 Å². The van der Waals surface area contributed by atoms with E-state index in [9.17, 15) is 4.79 Å². The number of pyridine rings is 1. The summed E-state index contributed by atoms with van der Waals surface area (Å²) in [5.74, 6) is 0.161. The van der Waals surface area contributed by atoms with Crippen LogP contribution in [0.5, 0.6) is 0 Å². The van der Waals surface area contributed by atoms with Crippen LogP contribution in [0.15, 0.2) is 30.6 Å². The molecule has 0 saturated carbocycles. The van der Waals surface area contributed by atoms with Crippen LogP contribution in [0, 0.1) is 0 Å². The van der Waals surface area contributed by atoms with Crippen LogP contribution in [-0.4, -0.2) is 5.91 Å². The summed E-state index contributed by atoms with van der Waals surface area (Å²) >= 11 is 0. The molecule has 3 heteroatoms. The molecule has 0 unspecified atom stereocenters. The maximum Gasteiger partial charge on any atom is 0.224 e. The first-order valence-electron chi connectivity index (χ1n) is 8.53. The topological polar surface area (TPSA) is 33.0 Å². The van der Waals surface area contributed by atoms with Gasteiger partial charge in [0.05, 0.1) is 0 Å². The number of amides is 1. The number of nitrogens with zero attached hydrogens (tertiary/aromatic N) is 1. The number of aromatic nitrogens is 1. The molecule has 1 N–H and O–H groups in total. The van der Waals surface area contributed by atoms with Crippen LogP contribution in [0.3, 0.4) is 0 Å². The molecular formula is C18H31N2O+. The lowest BCUT2D eigenvalue weighted by atomic mass is 10.1. The number of nitrogens with one attached hydrogen (secondary N) is 1. The van der Waals surface area contributed by atoms with E-state index >= 15 is 0 Å². The molecule has 1 rings (SSSR count). The summed E-state index contributed by atoms with van der Waals surface area (Å²) in [6, 6.07) is 5.90. The maximum atomic E-state index is 11.7. The Bertz CT molecular complexity index is 365. The van der Waals surface area contributed by atoms with Gasteiger partial charge in [0, 0.05) is 18.6 Å². The van der Waals surface area contributed by atoms with Gasteiger partial charge in [0.1, 0.15) is 0 Å². The number of carbonyl (C=O) groups is 1. The second kappa shape index (κ2) is 12.4. The van der Waals surface area contributed by atoms with Crippen LogP contribution in [0.1, 0.15) is 71.1 Å². The molecule has 0 aliphatic rings. The molecule has 0 aliphatic carbocycles. The Kier molecular flexibility index (Phi) is 10.4. The third kappa shape index (κ3) is 10.1. The Labute approximate surface area is 129 Å². The number of hydrogen-bond acceptors (Lipinski definition) is 1. The van der Waals surface area contributed by atoms with Gasteiger partial charge >= 0.3 is 0 Å². The molecular weight excluding hydrogens is 260 g/mol. The minimum Gasteiger partial charge on any atom is -0.301 e. The van der Waals surface area contributed by atoms with E-state index in [2.05, 4.69) is 12.2 Å².